The van der Waals surface area contributed by atoms with Gasteiger partial charge in [0, 0.05) is 12.6 Å². The molecular weight excluding hydrogens is 240 g/mol. The first-order chi connectivity index (χ1) is 9.34. The third kappa shape index (κ3) is 1.64. The van der Waals surface area contributed by atoms with Gasteiger partial charge in [-0.1, -0.05) is 11.6 Å². The third-order valence-electron chi connectivity index (χ3n) is 4.69. The number of nitrogens with zero attached hydrogens (tertiary/aromatic N) is 4. The minimum Gasteiger partial charge on any atom is -0.353 e. The number of aryl methyl sites for hydroxylation is 1. The van der Waals surface area contributed by atoms with E-state index in [2.05, 4.69) is 20.0 Å². The molecule has 3 heterocycles. The summed E-state index contributed by atoms with van der Waals surface area (Å²) in [6, 6.07) is 0.654. The Kier molecular flexibility index (Phi) is 2.47. The lowest BCUT2D eigenvalue weighted by Gasteiger charge is -2.37. The van der Waals surface area contributed by atoms with Gasteiger partial charge in [0.15, 0.2) is 0 Å². The number of rotatable bonds is 2. The van der Waals surface area contributed by atoms with Crippen LogP contribution in [0.4, 0.5) is 5.82 Å². The first kappa shape index (κ1) is 11.2. The van der Waals surface area contributed by atoms with Crippen LogP contribution in [0.25, 0.3) is 11.1 Å². The Balaban J connectivity index is 1.78. The standard InChI is InChI=1S/C14H18N4O/c1-9-12-13(15-8-16-14(12)19-17-9)18-7-3-6-11(18)10-4-2-5-10/h8,10-11H,2-7H2,1H3. The minimum absolute atomic E-state index is 0.613. The number of aromatic nitrogens is 3. The number of fused-ring (bicyclic) bond motifs is 1. The summed E-state index contributed by atoms with van der Waals surface area (Å²) in [5, 5.41) is 5.02. The van der Waals surface area contributed by atoms with Crippen LogP contribution in [0.15, 0.2) is 10.9 Å². The van der Waals surface area contributed by atoms with Crippen LogP contribution in [0.3, 0.4) is 0 Å². The van der Waals surface area contributed by atoms with Crippen LogP contribution < -0.4 is 4.90 Å². The van der Waals surface area contributed by atoms with E-state index in [1.807, 2.05) is 6.92 Å². The van der Waals surface area contributed by atoms with E-state index in [0.717, 1.165) is 29.4 Å². The highest BCUT2D eigenvalue weighted by atomic mass is 16.5. The molecule has 5 heteroatoms. The largest absolute Gasteiger partial charge is 0.353 e. The van der Waals surface area contributed by atoms with Gasteiger partial charge in [-0.3, -0.25) is 0 Å². The maximum absolute atomic E-state index is 5.26. The molecule has 0 aromatic carbocycles. The topological polar surface area (TPSA) is 55.1 Å². The van der Waals surface area contributed by atoms with Gasteiger partial charge in [0.25, 0.3) is 5.71 Å². The van der Waals surface area contributed by atoms with E-state index in [9.17, 15) is 0 Å². The monoisotopic (exact) mass is 258 g/mol. The van der Waals surface area contributed by atoms with Crippen molar-refractivity contribution in [1.82, 2.24) is 15.1 Å². The molecule has 0 amide bonds. The van der Waals surface area contributed by atoms with Crippen LogP contribution in [0, 0.1) is 12.8 Å². The Morgan fingerprint density at radius 2 is 2.11 bits per heavy atom. The van der Waals surface area contributed by atoms with Gasteiger partial charge in [-0.2, -0.15) is 4.98 Å². The van der Waals surface area contributed by atoms with Crippen molar-refractivity contribution >= 4 is 16.9 Å². The fourth-order valence-electron chi connectivity index (χ4n) is 3.49. The number of anilines is 1. The molecule has 0 bridgehead atoms. The summed E-state index contributed by atoms with van der Waals surface area (Å²) >= 11 is 0. The van der Waals surface area contributed by atoms with E-state index in [1.54, 1.807) is 6.33 Å². The molecule has 0 N–H and O–H groups in total. The lowest BCUT2D eigenvalue weighted by molar-refractivity contribution is 0.261. The number of hydrogen-bond acceptors (Lipinski definition) is 5. The van der Waals surface area contributed by atoms with Crippen LogP contribution in [-0.4, -0.2) is 27.7 Å². The molecule has 19 heavy (non-hydrogen) atoms. The molecule has 2 fully saturated rings. The molecule has 100 valence electrons. The van der Waals surface area contributed by atoms with Crippen LogP contribution in [0.1, 0.15) is 37.8 Å². The summed E-state index contributed by atoms with van der Waals surface area (Å²) in [6.07, 6.45) is 8.28. The van der Waals surface area contributed by atoms with Gasteiger partial charge < -0.3 is 9.42 Å². The van der Waals surface area contributed by atoms with Crippen LogP contribution in [-0.2, 0) is 0 Å². The normalized spacial score (nSPS) is 24.1. The summed E-state index contributed by atoms with van der Waals surface area (Å²) in [5.74, 6) is 1.88. The molecular formula is C14H18N4O. The van der Waals surface area contributed by atoms with Crippen LogP contribution in [0.2, 0.25) is 0 Å². The maximum atomic E-state index is 5.26. The molecule has 1 saturated carbocycles. The molecule has 5 nitrogen and oxygen atoms in total. The smallest absolute Gasteiger partial charge is 0.263 e. The van der Waals surface area contributed by atoms with Crippen molar-refractivity contribution in [1.29, 1.82) is 0 Å². The predicted molar refractivity (Wildman–Crippen MR) is 72.0 cm³/mol. The first-order valence-electron chi connectivity index (χ1n) is 7.18. The second kappa shape index (κ2) is 4.18. The van der Waals surface area contributed by atoms with E-state index >= 15 is 0 Å². The quantitative estimate of drug-likeness (QED) is 0.829. The van der Waals surface area contributed by atoms with Crippen molar-refractivity contribution in [3.63, 3.8) is 0 Å². The molecule has 2 aliphatic rings. The zero-order valence-corrected chi connectivity index (χ0v) is 11.2. The summed E-state index contributed by atoms with van der Waals surface area (Å²) in [4.78, 5) is 11.2. The Labute approximate surface area is 112 Å². The summed E-state index contributed by atoms with van der Waals surface area (Å²) < 4.78 is 5.26. The van der Waals surface area contributed by atoms with Gasteiger partial charge in [0.05, 0.1) is 5.69 Å². The van der Waals surface area contributed by atoms with Gasteiger partial charge in [0.1, 0.15) is 17.5 Å². The lowest BCUT2D eigenvalue weighted by atomic mass is 9.79. The van der Waals surface area contributed by atoms with Gasteiger partial charge in [-0.25, -0.2) is 4.98 Å². The molecule has 1 aliphatic heterocycles. The van der Waals surface area contributed by atoms with E-state index in [1.165, 1.54) is 32.1 Å². The lowest BCUT2D eigenvalue weighted by Crippen LogP contribution is -2.39. The molecule has 0 spiro atoms. The van der Waals surface area contributed by atoms with Gasteiger partial charge in [-0.05, 0) is 38.5 Å². The summed E-state index contributed by atoms with van der Waals surface area (Å²) in [6.45, 7) is 3.06. The third-order valence-corrected chi connectivity index (χ3v) is 4.69. The van der Waals surface area contributed by atoms with Gasteiger partial charge in [0.2, 0.25) is 0 Å². The summed E-state index contributed by atoms with van der Waals surface area (Å²) in [5.41, 5.74) is 1.51. The predicted octanol–water partition coefficient (Wildman–Crippen LogP) is 2.70. The average Bonchev–Trinajstić information content (AvgIpc) is 2.95. The average molecular weight is 258 g/mol. The zero-order valence-electron chi connectivity index (χ0n) is 11.2. The van der Waals surface area contributed by atoms with Gasteiger partial charge in [-0.15, -0.1) is 0 Å². The molecule has 1 atom stereocenters. The Bertz CT molecular complexity index is 605. The zero-order chi connectivity index (χ0) is 12.8. The van der Waals surface area contributed by atoms with E-state index in [4.69, 9.17) is 4.52 Å². The molecule has 2 aromatic rings. The highest BCUT2D eigenvalue weighted by molar-refractivity contribution is 5.88. The molecule has 1 unspecified atom stereocenters. The molecule has 0 radical (unpaired) electrons. The van der Waals surface area contributed by atoms with E-state index < -0.39 is 0 Å². The second-order valence-corrected chi connectivity index (χ2v) is 5.74. The van der Waals surface area contributed by atoms with Gasteiger partial charge >= 0.3 is 0 Å². The van der Waals surface area contributed by atoms with Crippen molar-refractivity contribution in [3.8, 4) is 0 Å². The Morgan fingerprint density at radius 1 is 1.21 bits per heavy atom. The van der Waals surface area contributed by atoms with Crippen LogP contribution >= 0.6 is 0 Å². The van der Waals surface area contributed by atoms with Crippen molar-refractivity contribution in [3.05, 3.63) is 12.0 Å². The molecule has 4 rings (SSSR count). The fraction of sp³-hybridized carbons (Fsp3) is 0.643. The SMILES string of the molecule is Cc1noc2ncnc(N3CCCC3C3CCC3)c12. The van der Waals surface area contributed by atoms with Crippen molar-refractivity contribution in [2.45, 2.75) is 45.1 Å². The fourth-order valence-corrected chi connectivity index (χ4v) is 3.49. The highest BCUT2D eigenvalue weighted by Crippen LogP contribution is 2.40. The Morgan fingerprint density at radius 3 is 2.89 bits per heavy atom. The maximum Gasteiger partial charge on any atom is 0.263 e. The second-order valence-electron chi connectivity index (χ2n) is 5.74. The Hall–Kier alpha value is -1.65. The van der Waals surface area contributed by atoms with Crippen molar-refractivity contribution in [2.24, 2.45) is 5.92 Å². The first-order valence-corrected chi connectivity index (χ1v) is 7.18. The molecule has 1 saturated heterocycles. The molecule has 2 aromatic heterocycles. The van der Waals surface area contributed by atoms with E-state index in [-0.39, 0.29) is 0 Å². The number of hydrogen-bond donors (Lipinski definition) is 0. The highest BCUT2D eigenvalue weighted by Gasteiger charge is 2.36. The van der Waals surface area contributed by atoms with Crippen LogP contribution in [0.5, 0.6) is 0 Å². The van der Waals surface area contributed by atoms with Crippen molar-refractivity contribution in [2.75, 3.05) is 11.4 Å². The van der Waals surface area contributed by atoms with Crippen molar-refractivity contribution < 1.29 is 4.52 Å². The van der Waals surface area contributed by atoms with E-state index in [0.29, 0.717) is 11.8 Å². The molecule has 1 aliphatic carbocycles. The summed E-state index contributed by atoms with van der Waals surface area (Å²) in [7, 11) is 0. The minimum atomic E-state index is 0.613.